The van der Waals surface area contributed by atoms with Gasteiger partial charge in [0.25, 0.3) is 7.82 Å². The second-order valence-electron chi connectivity index (χ2n) is 4.10. The van der Waals surface area contributed by atoms with Crippen LogP contribution >= 0.6 is 7.82 Å². The summed E-state index contributed by atoms with van der Waals surface area (Å²) in [5.41, 5.74) is 0. The Bertz CT molecular complexity index is 311. The Morgan fingerprint density at radius 2 is 2.25 bits per heavy atom. The first-order valence-corrected chi connectivity index (χ1v) is 6.55. The fourth-order valence-corrected chi connectivity index (χ4v) is 2.76. The minimum atomic E-state index is -4.28. The Morgan fingerprint density at radius 1 is 1.56 bits per heavy atom. The molecular formula is C8H13BO6P-. The molecule has 90 valence electrons. The molecule has 8 heteroatoms. The van der Waals surface area contributed by atoms with Gasteiger partial charge < -0.3 is 23.4 Å². The van der Waals surface area contributed by atoms with E-state index >= 15 is 0 Å². The first-order valence-electron chi connectivity index (χ1n) is 5.09. The quantitative estimate of drug-likeness (QED) is 0.486. The van der Waals surface area contributed by atoms with E-state index in [1.165, 1.54) is 0 Å². The number of hydrogen-bond acceptors (Lipinski definition) is 6. The lowest BCUT2D eigenvalue weighted by molar-refractivity contribution is -0.232. The predicted octanol–water partition coefficient (Wildman–Crippen LogP) is -0.443. The number of hydrogen-bond donors (Lipinski definition) is 0. The van der Waals surface area contributed by atoms with E-state index in [9.17, 15) is 9.46 Å². The van der Waals surface area contributed by atoms with E-state index in [2.05, 4.69) is 4.52 Å². The van der Waals surface area contributed by atoms with Crippen molar-refractivity contribution in [3.8, 4) is 0 Å². The van der Waals surface area contributed by atoms with E-state index in [0.717, 1.165) is 0 Å². The summed E-state index contributed by atoms with van der Waals surface area (Å²) in [4.78, 5) is 11.3. The van der Waals surface area contributed by atoms with Crippen molar-refractivity contribution >= 4 is 15.7 Å². The molecule has 2 fully saturated rings. The first-order chi connectivity index (χ1) is 7.39. The molecule has 0 spiro atoms. The van der Waals surface area contributed by atoms with E-state index in [1.54, 1.807) is 0 Å². The zero-order chi connectivity index (χ0) is 11.9. The summed E-state index contributed by atoms with van der Waals surface area (Å²) in [6.45, 7) is 3.56. The maximum atomic E-state index is 11.3. The van der Waals surface area contributed by atoms with Crippen LogP contribution in [0, 0.1) is 0 Å². The molecule has 2 rings (SSSR count). The van der Waals surface area contributed by atoms with Gasteiger partial charge >= 0.3 is 0 Å². The third-order valence-corrected chi connectivity index (χ3v) is 3.39. The fourth-order valence-electron chi connectivity index (χ4n) is 1.83. The topological polar surface area (TPSA) is 77.1 Å². The van der Waals surface area contributed by atoms with Gasteiger partial charge in [-0.05, 0) is 13.8 Å². The third kappa shape index (κ3) is 2.50. The molecule has 0 aromatic heterocycles. The van der Waals surface area contributed by atoms with Crippen LogP contribution < -0.4 is 4.89 Å². The molecule has 0 aliphatic carbocycles. The van der Waals surface area contributed by atoms with Gasteiger partial charge in [-0.1, -0.05) is 0 Å². The summed E-state index contributed by atoms with van der Waals surface area (Å²) in [6.07, 6.45) is -1.93. The van der Waals surface area contributed by atoms with Gasteiger partial charge in [0.15, 0.2) is 0 Å². The summed E-state index contributed by atoms with van der Waals surface area (Å²) in [7, 11) is 1.35. The van der Waals surface area contributed by atoms with Gasteiger partial charge in [0.2, 0.25) is 0 Å². The average molecular weight is 247 g/mol. The largest absolute Gasteiger partial charge is 0.756 e. The van der Waals surface area contributed by atoms with E-state index in [0.29, 0.717) is 0 Å². The van der Waals surface area contributed by atoms with Gasteiger partial charge in [0.1, 0.15) is 26.2 Å². The van der Waals surface area contributed by atoms with Gasteiger partial charge in [-0.2, -0.15) is 0 Å². The highest BCUT2D eigenvalue weighted by atomic mass is 31.2. The molecule has 2 radical (unpaired) electrons. The van der Waals surface area contributed by atoms with Crippen molar-refractivity contribution in [2.75, 3.05) is 6.61 Å². The molecule has 2 aliphatic rings. The van der Waals surface area contributed by atoms with E-state index in [4.69, 9.17) is 21.8 Å². The van der Waals surface area contributed by atoms with Gasteiger partial charge in [-0.15, -0.1) is 0 Å². The number of fused-ring (bicyclic) bond motifs is 2. The van der Waals surface area contributed by atoms with Crippen LogP contribution in [0.2, 0.25) is 0 Å². The van der Waals surface area contributed by atoms with Crippen LogP contribution in [-0.2, 0) is 23.1 Å². The highest BCUT2D eigenvalue weighted by Crippen LogP contribution is 2.47. The minimum absolute atomic E-state index is 0.0726. The highest BCUT2D eigenvalue weighted by Gasteiger charge is 2.48. The van der Waals surface area contributed by atoms with Gasteiger partial charge in [-0.25, -0.2) is 0 Å². The molecule has 0 saturated carbocycles. The second-order valence-corrected chi connectivity index (χ2v) is 5.47. The van der Waals surface area contributed by atoms with Crippen molar-refractivity contribution in [1.82, 2.24) is 0 Å². The third-order valence-electron chi connectivity index (χ3n) is 2.42. The summed E-state index contributed by atoms with van der Waals surface area (Å²) in [6, 6.07) is -0.806. The Balaban J connectivity index is 2.17. The molecule has 0 amide bonds. The lowest BCUT2D eigenvalue weighted by Gasteiger charge is -2.28. The number of ether oxygens (including phenoxy) is 2. The summed E-state index contributed by atoms with van der Waals surface area (Å²) in [5, 5.41) is 0. The van der Waals surface area contributed by atoms with Crippen molar-refractivity contribution in [3.63, 3.8) is 0 Å². The van der Waals surface area contributed by atoms with E-state index in [1.807, 2.05) is 13.8 Å². The van der Waals surface area contributed by atoms with Crippen LogP contribution in [0.4, 0.5) is 0 Å². The zero-order valence-electron chi connectivity index (χ0n) is 9.07. The summed E-state index contributed by atoms with van der Waals surface area (Å²) >= 11 is 0. The predicted molar refractivity (Wildman–Crippen MR) is 52.9 cm³/mol. The van der Waals surface area contributed by atoms with Crippen molar-refractivity contribution in [3.05, 3.63) is 0 Å². The molecule has 0 aromatic rings. The Morgan fingerprint density at radius 3 is 2.88 bits per heavy atom. The van der Waals surface area contributed by atoms with Crippen LogP contribution in [-0.4, -0.2) is 44.9 Å². The Kier molecular flexibility index (Phi) is 3.45. The maximum Gasteiger partial charge on any atom is 0.268 e. The molecule has 0 aromatic carbocycles. The molecule has 6 nitrogen and oxygen atoms in total. The van der Waals surface area contributed by atoms with E-state index in [-0.39, 0.29) is 12.7 Å². The molecule has 2 saturated heterocycles. The first kappa shape index (κ1) is 12.5. The van der Waals surface area contributed by atoms with Crippen molar-refractivity contribution < 1.29 is 28.0 Å². The maximum absolute atomic E-state index is 11.3. The monoisotopic (exact) mass is 247 g/mol. The molecule has 5 atom stereocenters. The number of phosphoric acid groups is 1. The van der Waals surface area contributed by atoms with Crippen molar-refractivity contribution in [2.24, 2.45) is 0 Å². The lowest BCUT2D eigenvalue weighted by Crippen LogP contribution is -2.38. The van der Waals surface area contributed by atoms with Crippen LogP contribution in [0.5, 0.6) is 0 Å². The number of rotatable bonds is 2. The van der Waals surface area contributed by atoms with E-state index < -0.39 is 32.1 Å². The molecule has 0 N–H and O–H groups in total. The van der Waals surface area contributed by atoms with Crippen LogP contribution in [0.15, 0.2) is 0 Å². The summed E-state index contributed by atoms with van der Waals surface area (Å²) in [5.74, 6) is 0. The molecule has 2 heterocycles. The molecule has 2 aliphatic heterocycles. The van der Waals surface area contributed by atoms with Gasteiger partial charge in [0.05, 0.1) is 12.7 Å². The Hall–Kier alpha value is 0.0949. The molecular weight excluding hydrogens is 234 g/mol. The normalized spacial score (nSPS) is 48.2. The van der Waals surface area contributed by atoms with Crippen LogP contribution in [0.1, 0.15) is 13.8 Å². The SMILES string of the molecule is [B][C@@H]1O[C@@H]2COP(=O)([O-])OC1C2OC(C)C. The van der Waals surface area contributed by atoms with Gasteiger partial charge in [-0.3, -0.25) is 4.57 Å². The molecule has 3 unspecified atom stereocenters. The second kappa shape index (κ2) is 4.40. The highest BCUT2D eigenvalue weighted by molar-refractivity contribution is 7.45. The summed E-state index contributed by atoms with van der Waals surface area (Å²) < 4.78 is 31.5. The molecule has 16 heavy (non-hydrogen) atoms. The van der Waals surface area contributed by atoms with Crippen LogP contribution in [0.25, 0.3) is 0 Å². The fraction of sp³-hybridized carbons (Fsp3) is 1.00. The van der Waals surface area contributed by atoms with Crippen molar-refractivity contribution in [1.29, 1.82) is 0 Å². The number of phosphoric ester groups is 1. The van der Waals surface area contributed by atoms with Crippen molar-refractivity contribution in [2.45, 2.75) is 44.3 Å². The minimum Gasteiger partial charge on any atom is -0.756 e. The van der Waals surface area contributed by atoms with Gasteiger partial charge in [0, 0.05) is 6.00 Å². The smallest absolute Gasteiger partial charge is 0.268 e. The molecule has 2 bridgehead atoms. The Labute approximate surface area is 95.2 Å². The van der Waals surface area contributed by atoms with Crippen LogP contribution in [0.3, 0.4) is 0 Å². The zero-order valence-corrected chi connectivity index (χ0v) is 9.96. The lowest BCUT2D eigenvalue weighted by atomic mass is 9.93. The standard InChI is InChI=1S/C8H14BO6P/c1-4(2)13-6-5-3-12-16(10,11)15-7(6)8(9)14-5/h4-8H,3H2,1-2H3,(H,10,11)/p-1/t5-,6?,7?,8-/m1/s1. The average Bonchev–Trinajstić information content (AvgIpc) is 2.34.